The lowest BCUT2D eigenvalue weighted by Crippen LogP contribution is -2.41. The third kappa shape index (κ3) is 2.95. The predicted molar refractivity (Wildman–Crippen MR) is 87.0 cm³/mol. The molecule has 0 aromatic carbocycles. The van der Waals surface area contributed by atoms with Crippen LogP contribution in [0.15, 0.2) is 12.3 Å². The Kier molecular flexibility index (Phi) is 3.88. The zero-order valence-corrected chi connectivity index (χ0v) is 14.3. The van der Waals surface area contributed by atoms with Crippen molar-refractivity contribution in [3.63, 3.8) is 0 Å². The maximum absolute atomic E-state index is 12.2. The summed E-state index contributed by atoms with van der Waals surface area (Å²) in [5, 5.41) is 2.61. The van der Waals surface area contributed by atoms with Crippen LogP contribution in [0.5, 0.6) is 5.75 Å². The molecule has 0 atom stereocenters. The zero-order chi connectivity index (χ0) is 16.8. The average Bonchev–Trinajstić information content (AvgIpc) is 3.25. The first kappa shape index (κ1) is 16.3. The van der Waals surface area contributed by atoms with Gasteiger partial charge in [-0.2, -0.15) is 0 Å². The van der Waals surface area contributed by atoms with Gasteiger partial charge in [0, 0.05) is 13.2 Å². The van der Waals surface area contributed by atoms with Crippen LogP contribution in [-0.4, -0.2) is 42.4 Å². The first-order valence-corrected chi connectivity index (χ1v) is 7.98. The first-order valence-electron chi connectivity index (χ1n) is 7.98. The molecule has 2 fully saturated rings. The molecular formula is C16H23BN2O4. The van der Waals surface area contributed by atoms with Gasteiger partial charge in [0.2, 0.25) is 0 Å². The van der Waals surface area contributed by atoms with Crippen molar-refractivity contribution in [2.24, 2.45) is 0 Å². The molecule has 6 nitrogen and oxygen atoms in total. The Labute approximate surface area is 137 Å². The van der Waals surface area contributed by atoms with Crippen molar-refractivity contribution in [3.8, 4) is 5.75 Å². The van der Waals surface area contributed by atoms with Gasteiger partial charge in [0.1, 0.15) is 11.4 Å². The molecule has 1 amide bonds. The Hall–Kier alpha value is -1.60. The summed E-state index contributed by atoms with van der Waals surface area (Å²) in [6.45, 7) is 7.91. The fourth-order valence-corrected chi connectivity index (χ4v) is 2.41. The van der Waals surface area contributed by atoms with Crippen molar-refractivity contribution in [2.45, 2.75) is 57.8 Å². The van der Waals surface area contributed by atoms with Crippen molar-refractivity contribution in [3.05, 3.63) is 18.0 Å². The van der Waals surface area contributed by atoms with E-state index in [0.29, 0.717) is 11.2 Å². The van der Waals surface area contributed by atoms with Crippen LogP contribution in [0.2, 0.25) is 0 Å². The van der Waals surface area contributed by atoms with Gasteiger partial charge in [-0.15, -0.1) is 0 Å². The number of carbonyl (C=O) groups excluding carboxylic acids is 1. The van der Waals surface area contributed by atoms with Crippen molar-refractivity contribution in [2.75, 3.05) is 7.05 Å². The van der Waals surface area contributed by atoms with E-state index in [1.807, 2.05) is 27.7 Å². The molecule has 0 spiro atoms. The molecule has 7 heteroatoms. The summed E-state index contributed by atoms with van der Waals surface area (Å²) in [7, 11) is 0.890. The number of nitrogens with zero attached hydrogens (tertiary/aromatic N) is 1. The Morgan fingerprint density at radius 3 is 2.43 bits per heavy atom. The van der Waals surface area contributed by atoms with E-state index in [0.717, 1.165) is 12.8 Å². The summed E-state index contributed by atoms with van der Waals surface area (Å²) in [5.41, 5.74) is -0.143. The third-order valence-electron chi connectivity index (χ3n) is 4.70. The van der Waals surface area contributed by atoms with Gasteiger partial charge in [0.05, 0.1) is 22.8 Å². The van der Waals surface area contributed by atoms with E-state index >= 15 is 0 Å². The number of nitrogens with one attached hydrogen (secondary N) is 1. The van der Waals surface area contributed by atoms with Crippen LogP contribution in [0.3, 0.4) is 0 Å². The molecule has 1 aromatic rings. The molecule has 0 radical (unpaired) electrons. The van der Waals surface area contributed by atoms with E-state index in [1.54, 1.807) is 19.3 Å². The number of aromatic nitrogens is 1. The van der Waals surface area contributed by atoms with Gasteiger partial charge >= 0.3 is 7.12 Å². The van der Waals surface area contributed by atoms with Gasteiger partial charge < -0.3 is 19.4 Å². The molecule has 2 heterocycles. The van der Waals surface area contributed by atoms with E-state index in [2.05, 4.69) is 10.3 Å². The number of pyridine rings is 1. The fourth-order valence-electron chi connectivity index (χ4n) is 2.41. The van der Waals surface area contributed by atoms with E-state index < -0.39 is 18.3 Å². The van der Waals surface area contributed by atoms with Crippen LogP contribution in [-0.2, 0) is 9.31 Å². The van der Waals surface area contributed by atoms with Crippen molar-refractivity contribution in [1.82, 2.24) is 10.3 Å². The maximum Gasteiger partial charge on any atom is 0.501 e. The molecule has 1 aromatic heterocycles. The summed E-state index contributed by atoms with van der Waals surface area (Å²) in [6, 6.07) is 1.77. The minimum atomic E-state index is -0.685. The van der Waals surface area contributed by atoms with Gasteiger partial charge in [-0.05, 0) is 46.6 Å². The predicted octanol–water partition coefficient (Wildman–Crippen LogP) is 1.28. The molecule has 124 valence electrons. The van der Waals surface area contributed by atoms with Crippen LogP contribution >= 0.6 is 0 Å². The molecular weight excluding hydrogens is 295 g/mol. The van der Waals surface area contributed by atoms with Gasteiger partial charge in [-0.1, -0.05) is 0 Å². The third-order valence-corrected chi connectivity index (χ3v) is 4.70. The summed E-state index contributed by atoms with van der Waals surface area (Å²) in [6.07, 6.45) is 3.84. The second-order valence-corrected chi connectivity index (χ2v) is 7.06. The highest BCUT2D eigenvalue weighted by Gasteiger charge is 2.53. The second-order valence-electron chi connectivity index (χ2n) is 7.06. The standard InChI is InChI=1S/C16H23BN2O4/c1-15(2)16(3,4)23-17(22-15)12-11(21-10-6-7-10)8-9-19-13(12)14(20)18-5/h8-10H,6-7H2,1-5H3,(H,18,20). The minimum Gasteiger partial charge on any atom is -0.491 e. The van der Waals surface area contributed by atoms with Crippen molar-refractivity contribution in [1.29, 1.82) is 0 Å². The van der Waals surface area contributed by atoms with Gasteiger partial charge in [-0.3, -0.25) is 9.78 Å². The van der Waals surface area contributed by atoms with E-state index in [1.165, 1.54) is 0 Å². The highest BCUT2D eigenvalue weighted by atomic mass is 16.7. The van der Waals surface area contributed by atoms with E-state index in [4.69, 9.17) is 14.0 Å². The smallest absolute Gasteiger partial charge is 0.491 e. The van der Waals surface area contributed by atoms with Gasteiger partial charge in [0.25, 0.3) is 5.91 Å². The van der Waals surface area contributed by atoms with Gasteiger partial charge in [0.15, 0.2) is 0 Å². The molecule has 1 N–H and O–H groups in total. The lowest BCUT2D eigenvalue weighted by atomic mass is 9.76. The van der Waals surface area contributed by atoms with E-state index in [9.17, 15) is 4.79 Å². The van der Waals surface area contributed by atoms with Crippen LogP contribution in [0.25, 0.3) is 0 Å². The fraction of sp³-hybridized carbons (Fsp3) is 0.625. The number of hydrogen-bond donors (Lipinski definition) is 1. The Bertz CT molecular complexity index is 613. The normalized spacial score (nSPS) is 22.0. The summed E-state index contributed by atoms with van der Waals surface area (Å²) in [5.74, 6) is 0.329. The lowest BCUT2D eigenvalue weighted by Gasteiger charge is -2.32. The second kappa shape index (κ2) is 5.49. The Balaban J connectivity index is 2.03. The number of rotatable bonds is 4. The topological polar surface area (TPSA) is 69.7 Å². The Morgan fingerprint density at radius 2 is 1.91 bits per heavy atom. The van der Waals surface area contributed by atoms with Crippen molar-refractivity contribution < 1.29 is 18.8 Å². The van der Waals surface area contributed by atoms with Gasteiger partial charge in [-0.25, -0.2) is 0 Å². The maximum atomic E-state index is 12.2. The molecule has 0 unspecified atom stereocenters. The largest absolute Gasteiger partial charge is 0.501 e. The molecule has 1 saturated carbocycles. The minimum absolute atomic E-state index is 0.205. The zero-order valence-electron chi connectivity index (χ0n) is 14.3. The quantitative estimate of drug-likeness (QED) is 0.847. The SMILES string of the molecule is CNC(=O)c1nccc(OC2CC2)c1B1OC(C)(C)C(C)(C)O1. The molecule has 1 aliphatic carbocycles. The van der Waals surface area contributed by atoms with E-state index in [-0.39, 0.29) is 17.7 Å². The number of carbonyl (C=O) groups is 1. The summed E-state index contributed by atoms with van der Waals surface area (Å²) in [4.78, 5) is 16.5. The molecule has 23 heavy (non-hydrogen) atoms. The monoisotopic (exact) mass is 318 g/mol. The lowest BCUT2D eigenvalue weighted by molar-refractivity contribution is 0.00578. The van der Waals surface area contributed by atoms with Crippen molar-refractivity contribution >= 4 is 18.5 Å². The van der Waals surface area contributed by atoms with Crippen LogP contribution in [0, 0.1) is 0 Å². The molecule has 1 aliphatic heterocycles. The number of hydrogen-bond acceptors (Lipinski definition) is 5. The number of amides is 1. The van der Waals surface area contributed by atoms with Crippen LogP contribution < -0.4 is 15.5 Å². The molecule has 0 bridgehead atoms. The van der Waals surface area contributed by atoms with Crippen LogP contribution in [0.1, 0.15) is 51.0 Å². The summed E-state index contributed by atoms with van der Waals surface area (Å²) < 4.78 is 18.2. The highest BCUT2D eigenvalue weighted by molar-refractivity contribution is 6.64. The van der Waals surface area contributed by atoms with Crippen LogP contribution in [0.4, 0.5) is 0 Å². The summed E-state index contributed by atoms with van der Waals surface area (Å²) >= 11 is 0. The average molecular weight is 318 g/mol. The molecule has 2 aliphatic rings. The number of ether oxygens (including phenoxy) is 1. The highest BCUT2D eigenvalue weighted by Crippen LogP contribution is 2.38. The first-order chi connectivity index (χ1) is 10.7. The molecule has 1 saturated heterocycles. The Morgan fingerprint density at radius 1 is 1.30 bits per heavy atom. The molecule has 3 rings (SSSR count).